The Morgan fingerprint density at radius 3 is 2.00 bits per heavy atom. The number of hydrogen-bond acceptors (Lipinski definition) is 3. The predicted molar refractivity (Wildman–Crippen MR) is 85.7 cm³/mol. The van der Waals surface area contributed by atoms with Gasteiger partial charge in [0, 0.05) is 6.42 Å². The fourth-order valence-corrected chi connectivity index (χ4v) is 2.26. The third-order valence-electron chi connectivity index (χ3n) is 3.60. The van der Waals surface area contributed by atoms with Gasteiger partial charge in [0.15, 0.2) is 0 Å². The third kappa shape index (κ3) is 15.5. The monoisotopic (exact) mass is 285 g/mol. The molecule has 0 aliphatic carbocycles. The van der Waals surface area contributed by atoms with E-state index in [0.717, 1.165) is 38.6 Å². The average molecular weight is 285 g/mol. The fraction of sp³-hybridized carbons (Fsp3) is 0.941. The zero-order valence-electron chi connectivity index (χ0n) is 13.5. The number of ether oxygens (including phenoxy) is 1. The van der Waals surface area contributed by atoms with Crippen molar-refractivity contribution in [3.63, 3.8) is 0 Å². The molecule has 0 saturated carbocycles. The van der Waals surface area contributed by atoms with E-state index in [1.807, 2.05) is 0 Å². The van der Waals surface area contributed by atoms with Gasteiger partial charge in [-0.3, -0.25) is 4.79 Å². The summed E-state index contributed by atoms with van der Waals surface area (Å²) < 4.78 is 5.24. The van der Waals surface area contributed by atoms with Crippen LogP contribution in [-0.4, -0.2) is 19.1 Å². The molecule has 0 aliphatic heterocycles. The number of esters is 1. The standard InChI is InChI=1S/C17H35NO2/c1-2-3-4-5-8-11-14-17(19)20-16-13-10-7-6-9-12-15-18/h2-16,18H2,1H3. The summed E-state index contributed by atoms with van der Waals surface area (Å²) in [5.41, 5.74) is 5.44. The predicted octanol–water partition coefficient (Wildman–Crippen LogP) is 4.58. The van der Waals surface area contributed by atoms with Gasteiger partial charge < -0.3 is 10.5 Å². The van der Waals surface area contributed by atoms with Crippen LogP contribution < -0.4 is 5.73 Å². The third-order valence-corrected chi connectivity index (χ3v) is 3.60. The summed E-state index contributed by atoms with van der Waals surface area (Å²) in [6, 6.07) is 0. The molecule has 0 aromatic rings. The maximum Gasteiger partial charge on any atom is 0.305 e. The Bertz CT molecular complexity index is 207. The maximum absolute atomic E-state index is 11.5. The summed E-state index contributed by atoms with van der Waals surface area (Å²) in [5, 5.41) is 0. The second-order valence-corrected chi connectivity index (χ2v) is 5.65. The van der Waals surface area contributed by atoms with Crippen molar-refractivity contribution >= 4 is 5.97 Å². The summed E-state index contributed by atoms with van der Waals surface area (Å²) in [6.07, 6.45) is 14.9. The van der Waals surface area contributed by atoms with Crippen molar-refractivity contribution in [2.75, 3.05) is 13.2 Å². The zero-order chi connectivity index (χ0) is 14.9. The van der Waals surface area contributed by atoms with Crippen LogP contribution in [0.2, 0.25) is 0 Å². The molecule has 0 unspecified atom stereocenters. The maximum atomic E-state index is 11.5. The second kappa shape index (κ2) is 16.5. The van der Waals surface area contributed by atoms with Crippen molar-refractivity contribution in [1.82, 2.24) is 0 Å². The molecule has 3 nitrogen and oxygen atoms in total. The van der Waals surface area contributed by atoms with Gasteiger partial charge >= 0.3 is 5.97 Å². The van der Waals surface area contributed by atoms with Crippen molar-refractivity contribution in [2.24, 2.45) is 5.73 Å². The Labute approximate surface area is 125 Å². The van der Waals surface area contributed by atoms with Gasteiger partial charge in [-0.05, 0) is 25.8 Å². The number of nitrogens with two attached hydrogens (primary N) is 1. The number of rotatable bonds is 15. The lowest BCUT2D eigenvalue weighted by atomic mass is 10.1. The number of carbonyl (C=O) groups is 1. The molecule has 0 aromatic heterocycles. The van der Waals surface area contributed by atoms with Gasteiger partial charge in [0.2, 0.25) is 0 Å². The smallest absolute Gasteiger partial charge is 0.305 e. The van der Waals surface area contributed by atoms with E-state index in [1.54, 1.807) is 0 Å². The first-order chi connectivity index (χ1) is 9.81. The van der Waals surface area contributed by atoms with E-state index in [9.17, 15) is 4.79 Å². The molecule has 0 rings (SSSR count). The van der Waals surface area contributed by atoms with Crippen molar-refractivity contribution in [3.05, 3.63) is 0 Å². The largest absolute Gasteiger partial charge is 0.466 e. The average Bonchev–Trinajstić information content (AvgIpc) is 2.45. The lowest BCUT2D eigenvalue weighted by Gasteiger charge is -2.05. The fourth-order valence-electron chi connectivity index (χ4n) is 2.26. The lowest BCUT2D eigenvalue weighted by Crippen LogP contribution is -2.05. The van der Waals surface area contributed by atoms with Crippen molar-refractivity contribution < 1.29 is 9.53 Å². The van der Waals surface area contributed by atoms with Crippen LogP contribution in [0.1, 0.15) is 90.4 Å². The van der Waals surface area contributed by atoms with Gasteiger partial charge in [-0.1, -0.05) is 64.7 Å². The normalized spacial score (nSPS) is 10.7. The Balaban J connectivity index is 3.12. The van der Waals surface area contributed by atoms with Crippen LogP contribution in [0, 0.1) is 0 Å². The molecule has 0 radical (unpaired) electrons. The molecule has 0 bridgehead atoms. The van der Waals surface area contributed by atoms with Gasteiger partial charge in [0.05, 0.1) is 6.61 Å². The minimum absolute atomic E-state index is 0.0105. The van der Waals surface area contributed by atoms with Gasteiger partial charge in [-0.15, -0.1) is 0 Å². The highest BCUT2D eigenvalue weighted by atomic mass is 16.5. The first-order valence-corrected chi connectivity index (χ1v) is 8.67. The van der Waals surface area contributed by atoms with Gasteiger partial charge in [-0.2, -0.15) is 0 Å². The Hall–Kier alpha value is -0.570. The molecule has 0 fully saturated rings. The van der Waals surface area contributed by atoms with Gasteiger partial charge in [-0.25, -0.2) is 0 Å². The minimum atomic E-state index is -0.0105. The van der Waals surface area contributed by atoms with Crippen molar-refractivity contribution in [3.8, 4) is 0 Å². The highest BCUT2D eigenvalue weighted by molar-refractivity contribution is 5.69. The molecular weight excluding hydrogens is 250 g/mol. The number of hydrogen-bond donors (Lipinski definition) is 1. The van der Waals surface area contributed by atoms with Crippen LogP contribution in [0.5, 0.6) is 0 Å². The summed E-state index contributed by atoms with van der Waals surface area (Å²) >= 11 is 0. The Morgan fingerprint density at radius 2 is 1.35 bits per heavy atom. The number of carbonyl (C=O) groups excluding carboxylic acids is 1. The zero-order valence-corrected chi connectivity index (χ0v) is 13.5. The van der Waals surface area contributed by atoms with Crippen molar-refractivity contribution in [2.45, 2.75) is 90.4 Å². The van der Waals surface area contributed by atoms with Crippen LogP contribution >= 0.6 is 0 Å². The first kappa shape index (κ1) is 19.4. The molecule has 20 heavy (non-hydrogen) atoms. The molecule has 0 spiro atoms. The van der Waals surface area contributed by atoms with Crippen LogP contribution in [-0.2, 0) is 9.53 Å². The number of unbranched alkanes of at least 4 members (excludes halogenated alkanes) is 10. The molecule has 0 aromatic carbocycles. The topological polar surface area (TPSA) is 52.3 Å². The molecular formula is C17H35NO2. The van der Waals surface area contributed by atoms with Gasteiger partial charge in [0.25, 0.3) is 0 Å². The van der Waals surface area contributed by atoms with Crippen LogP contribution in [0.3, 0.4) is 0 Å². The summed E-state index contributed by atoms with van der Waals surface area (Å²) in [4.78, 5) is 11.5. The summed E-state index contributed by atoms with van der Waals surface area (Å²) in [7, 11) is 0. The molecule has 0 saturated heterocycles. The van der Waals surface area contributed by atoms with E-state index in [2.05, 4.69) is 6.92 Å². The van der Waals surface area contributed by atoms with Crippen LogP contribution in [0.4, 0.5) is 0 Å². The Morgan fingerprint density at radius 1 is 0.800 bits per heavy atom. The van der Waals surface area contributed by atoms with Gasteiger partial charge in [0.1, 0.15) is 0 Å². The molecule has 0 atom stereocenters. The van der Waals surface area contributed by atoms with E-state index in [0.29, 0.717) is 13.0 Å². The Kier molecular flexibility index (Phi) is 16.0. The van der Waals surface area contributed by atoms with Crippen LogP contribution in [0.25, 0.3) is 0 Å². The van der Waals surface area contributed by atoms with E-state index >= 15 is 0 Å². The summed E-state index contributed by atoms with van der Waals surface area (Å²) in [5.74, 6) is -0.0105. The quantitative estimate of drug-likeness (QED) is 0.354. The molecule has 3 heteroatoms. The SMILES string of the molecule is CCCCCCCCC(=O)OCCCCCCCCN. The molecule has 0 aliphatic rings. The highest BCUT2D eigenvalue weighted by Crippen LogP contribution is 2.08. The van der Waals surface area contributed by atoms with E-state index < -0.39 is 0 Å². The summed E-state index contributed by atoms with van der Waals surface area (Å²) in [6.45, 7) is 3.62. The highest BCUT2D eigenvalue weighted by Gasteiger charge is 2.02. The molecule has 120 valence electrons. The minimum Gasteiger partial charge on any atom is -0.466 e. The second-order valence-electron chi connectivity index (χ2n) is 5.65. The van der Waals surface area contributed by atoms with Crippen molar-refractivity contribution in [1.29, 1.82) is 0 Å². The molecule has 0 amide bonds. The van der Waals surface area contributed by atoms with E-state index in [-0.39, 0.29) is 5.97 Å². The molecule has 0 heterocycles. The molecule has 2 N–H and O–H groups in total. The first-order valence-electron chi connectivity index (χ1n) is 8.67. The van der Waals surface area contributed by atoms with E-state index in [1.165, 1.54) is 44.9 Å². The van der Waals surface area contributed by atoms with Crippen LogP contribution in [0.15, 0.2) is 0 Å². The lowest BCUT2D eigenvalue weighted by molar-refractivity contribution is -0.143. The van der Waals surface area contributed by atoms with E-state index in [4.69, 9.17) is 10.5 Å².